The van der Waals surface area contributed by atoms with Crippen molar-refractivity contribution in [3.63, 3.8) is 0 Å². The van der Waals surface area contributed by atoms with Crippen molar-refractivity contribution in [1.82, 2.24) is 15.1 Å². The minimum atomic E-state index is 0.352. The van der Waals surface area contributed by atoms with Crippen molar-refractivity contribution in [1.29, 1.82) is 0 Å². The highest BCUT2D eigenvalue weighted by atomic mass is 15.3. The first-order valence-corrected chi connectivity index (χ1v) is 6.91. The van der Waals surface area contributed by atoms with Gasteiger partial charge in [0.15, 0.2) is 0 Å². The molecule has 0 bridgehead atoms. The minimum Gasteiger partial charge on any atom is -0.306 e. The summed E-state index contributed by atoms with van der Waals surface area (Å²) in [6.07, 6.45) is 3.03. The SMILES string of the molecule is CCc1ccc(C(C)NCc2cnn(C)c2C)cc1. The van der Waals surface area contributed by atoms with Crippen LogP contribution in [0.1, 0.15) is 42.3 Å². The van der Waals surface area contributed by atoms with Gasteiger partial charge in [-0.05, 0) is 31.4 Å². The van der Waals surface area contributed by atoms with E-state index in [1.807, 2.05) is 17.9 Å². The molecule has 0 fully saturated rings. The van der Waals surface area contributed by atoms with E-state index in [9.17, 15) is 0 Å². The molecule has 2 rings (SSSR count). The average molecular weight is 257 g/mol. The second-order valence-electron chi connectivity index (χ2n) is 5.08. The molecule has 1 heterocycles. The molecule has 0 aliphatic carbocycles. The standard InChI is InChI=1S/C16H23N3/c1-5-14-6-8-15(9-7-14)12(2)17-10-16-11-18-19(4)13(16)3/h6-9,11-12,17H,5,10H2,1-4H3. The molecule has 0 radical (unpaired) electrons. The fourth-order valence-electron chi connectivity index (χ4n) is 2.14. The van der Waals surface area contributed by atoms with E-state index in [2.05, 4.69) is 55.5 Å². The number of nitrogens with zero attached hydrogens (tertiary/aromatic N) is 2. The van der Waals surface area contributed by atoms with Crippen molar-refractivity contribution in [2.24, 2.45) is 7.05 Å². The second-order valence-corrected chi connectivity index (χ2v) is 5.08. The molecule has 2 aromatic rings. The first kappa shape index (κ1) is 13.8. The van der Waals surface area contributed by atoms with Crippen molar-refractivity contribution in [2.45, 2.75) is 39.8 Å². The van der Waals surface area contributed by atoms with Crippen LogP contribution in [-0.4, -0.2) is 9.78 Å². The van der Waals surface area contributed by atoms with Gasteiger partial charge in [0, 0.05) is 30.9 Å². The van der Waals surface area contributed by atoms with E-state index in [1.54, 1.807) is 0 Å². The fourth-order valence-corrected chi connectivity index (χ4v) is 2.14. The summed E-state index contributed by atoms with van der Waals surface area (Å²) in [5.74, 6) is 0. The molecular weight excluding hydrogens is 234 g/mol. The first-order chi connectivity index (χ1) is 9.11. The van der Waals surface area contributed by atoms with Crippen molar-refractivity contribution >= 4 is 0 Å². The van der Waals surface area contributed by atoms with Gasteiger partial charge in [0.1, 0.15) is 0 Å². The summed E-state index contributed by atoms with van der Waals surface area (Å²) in [5.41, 5.74) is 5.21. The number of hydrogen-bond acceptors (Lipinski definition) is 2. The molecule has 0 saturated carbocycles. The predicted octanol–water partition coefficient (Wildman–Crippen LogP) is 3.14. The summed E-state index contributed by atoms with van der Waals surface area (Å²) in [4.78, 5) is 0. The second kappa shape index (κ2) is 6.02. The summed E-state index contributed by atoms with van der Waals surface area (Å²) in [5, 5.41) is 7.82. The Bertz CT molecular complexity index is 525. The molecule has 1 N–H and O–H groups in total. The summed E-state index contributed by atoms with van der Waals surface area (Å²) >= 11 is 0. The average Bonchev–Trinajstić information content (AvgIpc) is 2.76. The molecule has 0 aliphatic heterocycles. The van der Waals surface area contributed by atoms with E-state index in [1.165, 1.54) is 22.4 Å². The van der Waals surface area contributed by atoms with Crippen LogP contribution < -0.4 is 5.32 Å². The third-order valence-corrected chi connectivity index (χ3v) is 3.82. The van der Waals surface area contributed by atoms with Crippen LogP contribution in [0.25, 0.3) is 0 Å². The zero-order valence-corrected chi connectivity index (χ0v) is 12.3. The number of aryl methyl sites for hydroxylation is 2. The van der Waals surface area contributed by atoms with Gasteiger partial charge in [0.25, 0.3) is 0 Å². The number of benzene rings is 1. The van der Waals surface area contributed by atoms with Gasteiger partial charge < -0.3 is 5.32 Å². The Kier molecular flexibility index (Phi) is 4.38. The minimum absolute atomic E-state index is 0.352. The lowest BCUT2D eigenvalue weighted by molar-refractivity contribution is 0.572. The smallest absolute Gasteiger partial charge is 0.0537 e. The van der Waals surface area contributed by atoms with Crippen molar-refractivity contribution in [3.8, 4) is 0 Å². The zero-order valence-electron chi connectivity index (χ0n) is 12.3. The van der Waals surface area contributed by atoms with E-state index in [0.717, 1.165) is 13.0 Å². The van der Waals surface area contributed by atoms with Gasteiger partial charge in [0.05, 0.1) is 6.20 Å². The zero-order chi connectivity index (χ0) is 13.8. The largest absolute Gasteiger partial charge is 0.306 e. The highest BCUT2D eigenvalue weighted by Gasteiger charge is 2.07. The summed E-state index contributed by atoms with van der Waals surface area (Å²) < 4.78 is 1.91. The van der Waals surface area contributed by atoms with Crippen LogP contribution in [0.4, 0.5) is 0 Å². The lowest BCUT2D eigenvalue weighted by Crippen LogP contribution is -2.18. The maximum absolute atomic E-state index is 4.27. The van der Waals surface area contributed by atoms with E-state index >= 15 is 0 Å². The molecular formula is C16H23N3. The molecule has 3 nitrogen and oxygen atoms in total. The monoisotopic (exact) mass is 257 g/mol. The van der Waals surface area contributed by atoms with Crippen LogP contribution in [0.2, 0.25) is 0 Å². The van der Waals surface area contributed by atoms with Crippen LogP contribution >= 0.6 is 0 Å². The Morgan fingerprint density at radius 2 is 1.95 bits per heavy atom. The third kappa shape index (κ3) is 3.24. The van der Waals surface area contributed by atoms with Gasteiger partial charge in [-0.1, -0.05) is 31.2 Å². The number of rotatable bonds is 5. The van der Waals surface area contributed by atoms with Gasteiger partial charge >= 0.3 is 0 Å². The quantitative estimate of drug-likeness (QED) is 0.891. The van der Waals surface area contributed by atoms with Crippen molar-refractivity contribution in [2.75, 3.05) is 0 Å². The summed E-state index contributed by atoms with van der Waals surface area (Å²) in [6.45, 7) is 7.34. The van der Waals surface area contributed by atoms with Gasteiger partial charge in [-0.3, -0.25) is 4.68 Å². The molecule has 0 saturated heterocycles. The van der Waals surface area contributed by atoms with E-state index in [4.69, 9.17) is 0 Å². The van der Waals surface area contributed by atoms with Gasteiger partial charge in [-0.15, -0.1) is 0 Å². The van der Waals surface area contributed by atoms with E-state index < -0.39 is 0 Å². The molecule has 1 aromatic carbocycles. The first-order valence-electron chi connectivity index (χ1n) is 6.91. The Morgan fingerprint density at radius 1 is 1.26 bits per heavy atom. The third-order valence-electron chi connectivity index (χ3n) is 3.82. The molecule has 0 aliphatic rings. The summed E-state index contributed by atoms with van der Waals surface area (Å²) in [6, 6.07) is 9.20. The highest BCUT2D eigenvalue weighted by molar-refractivity contribution is 5.25. The number of aromatic nitrogens is 2. The van der Waals surface area contributed by atoms with Crippen LogP contribution in [0.5, 0.6) is 0 Å². The van der Waals surface area contributed by atoms with E-state index in [0.29, 0.717) is 6.04 Å². The number of hydrogen-bond donors (Lipinski definition) is 1. The molecule has 1 aromatic heterocycles. The predicted molar refractivity (Wildman–Crippen MR) is 79.0 cm³/mol. The van der Waals surface area contributed by atoms with Crippen LogP contribution in [-0.2, 0) is 20.0 Å². The van der Waals surface area contributed by atoms with Crippen LogP contribution in [0, 0.1) is 6.92 Å². The van der Waals surface area contributed by atoms with Crippen molar-refractivity contribution in [3.05, 3.63) is 52.8 Å². The Balaban J connectivity index is 1.97. The highest BCUT2D eigenvalue weighted by Crippen LogP contribution is 2.15. The maximum Gasteiger partial charge on any atom is 0.0537 e. The summed E-state index contributed by atoms with van der Waals surface area (Å²) in [7, 11) is 1.98. The van der Waals surface area contributed by atoms with Crippen molar-refractivity contribution < 1.29 is 0 Å². The molecule has 19 heavy (non-hydrogen) atoms. The topological polar surface area (TPSA) is 29.9 Å². The lowest BCUT2D eigenvalue weighted by Gasteiger charge is -2.14. The Morgan fingerprint density at radius 3 is 2.47 bits per heavy atom. The molecule has 1 unspecified atom stereocenters. The lowest BCUT2D eigenvalue weighted by atomic mass is 10.0. The molecule has 3 heteroatoms. The maximum atomic E-state index is 4.27. The van der Waals surface area contributed by atoms with Crippen LogP contribution in [0.3, 0.4) is 0 Å². The van der Waals surface area contributed by atoms with Crippen LogP contribution in [0.15, 0.2) is 30.5 Å². The van der Waals surface area contributed by atoms with E-state index in [-0.39, 0.29) is 0 Å². The Labute approximate surface area is 115 Å². The van der Waals surface area contributed by atoms with Gasteiger partial charge in [-0.25, -0.2) is 0 Å². The molecule has 1 atom stereocenters. The Hall–Kier alpha value is -1.61. The number of nitrogens with one attached hydrogen (secondary N) is 1. The fraction of sp³-hybridized carbons (Fsp3) is 0.438. The van der Waals surface area contributed by atoms with Gasteiger partial charge in [0.2, 0.25) is 0 Å². The molecule has 0 amide bonds. The van der Waals surface area contributed by atoms with Gasteiger partial charge in [-0.2, -0.15) is 5.10 Å². The molecule has 0 spiro atoms. The normalized spacial score (nSPS) is 12.6. The molecule has 102 valence electrons.